The van der Waals surface area contributed by atoms with Crippen molar-refractivity contribution in [2.24, 2.45) is 11.7 Å². The second-order valence-corrected chi connectivity index (χ2v) is 5.53. The molecule has 2 atom stereocenters. The van der Waals surface area contributed by atoms with Gasteiger partial charge in [-0.1, -0.05) is 6.92 Å². The molecule has 94 valence electrons. The minimum Gasteiger partial charge on any atom is -0.330 e. The number of hydrogen-bond acceptors (Lipinski definition) is 3. The lowest BCUT2D eigenvalue weighted by atomic mass is 9.87. The summed E-state index contributed by atoms with van der Waals surface area (Å²) in [5, 5.41) is 0. The van der Waals surface area contributed by atoms with Crippen molar-refractivity contribution in [1.82, 2.24) is 9.88 Å². The van der Waals surface area contributed by atoms with E-state index >= 15 is 0 Å². The number of aromatic nitrogens is 1. The molecule has 2 rings (SSSR count). The highest BCUT2D eigenvalue weighted by Gasteiger charge is 2.31. The minimum atomic E-state index is 0.395. The fourth-order valence-electron chi connectivity index (χ4n) is 2.74. The number of likely N-dealkylation sites (tertiary alicyclic amines) is 1. The molecule has 0 bridgehead atoms. The average molecular weight is 298 g/mol. The van der Waals surface area contributed by atoms with Crippen molar-refractivity contribution in [1.29, 1.82) is 0 Å². The Labute approximate surface area is 112 Å². The molecule has 0 aliphatic carbocycles. The normalized spacial score (nSPS) is 26.1. The molecular weight excluding hydrogens is 278 g/mol. The van der Waals surface area contributed by atoms with E-state index in [1.165, 1.54) is 12.8 Å². The molecule has 17 heavy (non-hydrogen) atoms. The van der Waals surface area contributed by atoms with Crippen LogP contribution in [0.4, 0.5) is 0 Å². The van der Waals surface area contributed by atoms with Crippen LogP contribution >= 0.6 is 15.9 Å². The first-order chi connectivity index (χ1) is 8.26. The molecule has 1 fully saturated rings. The van der Waals surface area contributed by atoms with Gasteiger partial charge < -0.3 is 5.73 Å². The number of pyridine rings is 1. The predicted molar refractivity (Wildman–Crippen MR) is 73.7 cm³/mol. The fraction of sp³-hybridized carbons (Fsp3) is 0.615. The van der Waals surface area contributed by atoms with Gasteiger partial charge in [-0.05, 0) is 66.5 Å². The number of halogens is 1. The van der Waals surface area contributed by atoms with E-state index in [-0.39, 0.29) is 0 Å². The number of nitrogens with zero attached hydrogens (tertiary/aromatic N) is 2. The van der Waals surface area contributed by atoms with Crippen LogP contribution in [0.3, 0.4) is 0 Å². The lowest BCUT2D eigenvalue weighted by molar-refractivity contribution is 0.0989. The van der Waals surface area contributed by atoms with Crippen molar-refractivity contribution >= 4 is 15.9 Å². The number of rotatable bonds is 3. The van der Waals surface area contributed by atoms with Crippen LogP contribution in [0.1, 0.15) is 31.5 Å². The molecule has 1 aliphatic heterocycles. The fourth-order valence-corrected chi connectivity index (χ4v) is 2.98. The molecule has 2 unspecified atom stereocenters. The van der Waals surface area contributed by atoms with Crippen LogP contribution in [-0.2, 0) is 0 Å². The molecule has 2 N–H and O–H groups in total. The van der Waals surface area contributed by atoms with Crippen LogP contribution in [0, 0.1) is 5.92 Å². The minimum absolute atomic E-state index is 0.395. The Hall–Kier alpha value is -0.450. The third-order valence-electron chi connectivity index (χ3n) is 3.62. The van der Waals surface area contributed by atoms with Gasteiger partial charge in [0.25, 0.3) is 0 Å². The van der Waals surface area contributed by atoms with E-state index in [1.807, 2.05) is 6.20 Å². The molecule has 0 radical (unpaired) electrons. The first-order valence-corrected chi connectivity index (χ1v) is 7.11. The maximum Gasteiger partial charge on any atom is 0.0579 e. The van der Waals surface area contributed by atoms with E-state index in [2.05, 4.69) is 44.9 Å². The summed E-state index contributed by atoms with van der Waals surface area (Å²) in [6.45, 7) is 5.19. The number of hydrogen-bond donors (Lipinski definition) is 1. The van der Waals surface area contributed by atoms with Crippen LogP contribution in [0.2, 0.25) is 0 Å². The van der Waals surface area contributed by atoms with E-state index in [0.29, 0.717) is 12.0 Å². The maximum absolute atomic E-state index is 5.91. The molecule has 1 aromatic rings. The van der Waals surface area contributed by atoms with Crippen LogP contribution in [0.5, 0.6) is 0 Å². The quantitative estimate of drug-likeness (QED) is 0.932. The van der Waals surface area contributed by atoms with Crippen LogP contribution in [0.25, 0.3) is 0 Å². The maximum atomic E-state index is 5.91. The Bertz CT molecular complexity index is 340. The lowest BCUT2D eigenvalue weighted by Gasteiger charge is -2.40. The van der Waals surface area contributed by atoms with Gasteiger partial charge in [-0.15, -0.1) is 0 Å². The Morgan fingerprint density at radius 1 is 1.53 bits per heavy atom. The topological polar surface area (TPSA) is 42.1 Å². The van der Waals surface area contributed by atoms with Gasteiger partial charge in [-0.25, -0.2) is 0 Å². The Morgan fingerprint density at radius 2 is 2.35 bits per heavy atom. The summed E-state index contributed by atoms with van der Waals surface area (Å²) in [5.41, 5.74) is 7.07. The zero-order valence-corrected chi connectivity index (χ0v) is 11.9. The van der Waals surface area contributed by atoms with E-state index in [1.54, 1.807) is 0 Å². The van der Waals surface area contributed by atoms with E-state index < -0.39 is 0 Å². The Kier molecular flexibility index (Phi) is 4.54. The van der Waals surface area contributed by atoms with Crippen molar-refractivity contribution in [3.8, 4) is 0 Å². The van der Waals surface area contributed by atoms with Gasteiger partial charge in [0.1, 0.15) is 0 Å². The molecule has 0 aromatic carbocycles. The monoisotopic (exact) mass is 297 g/mol. The van der Waals surface area contributed by atoms with Gasteiger partial charge in [-0.2, -0.15) is 0 Å². The lowest BCUT2D eigenvalue weighted by Crippen LogP contribution is -2.41. The molecule has 2 heterocycles. The van der Waals surface area contributed by atoms with Crippen molar-refractivity contribution in [2.75, 3.05) is 19.6 Å². The summed E-state index contributed by atoms with van der Waals surface area (Å²) in [6.07, 6.45) is 4.35. The zero-order chi connectivity index (χ0) is 12.3. The molecule has 3 nitrogen and oxygen atoms in total. The smallest absolute Gasteiger partial charge is 0.0579 e. The molecule has 4 heteroatoms. The van der Waals surface area contributed by atoms with Crippen molar-refractivity contribution in [3.63, 3.8) is 0 Å². The summed E-state index contributed by atoms with van der Waals surface area (Å²) >= 11 is 3.43. The number of nitrogens with two attached hydrogens (primary N) is 1. The summed E-state index contributed by atoms with van der Waals surface area (Å²) < 4.78 is 1.03. The average Bonchev–Trinajstić information content (AvgIpc) is 2.38. The third-order valence-corrected chi connectivity index (χ3v) is 4.09. The van der Waals surface area contributed by atoms with Crippen LogP contribution in [0.15, 0.2) is 22.8 Å². The summed E-state index contributed by atoms with van der Waals surface area (Å²) in [7, 11) is 0. The van der Waals surface area contributed by atoms with E-state index in [4.69, 9.17) is 5.73 Å². The molecule has 1 saturated heterocycles. The second kappa shape index (κ2) is 5.94. The van der Waals surface area contributed by atoms with Gasteiger partial charge in [0.05, 0.1) is 11.7 Å². The van der Waals surface area contributed by atoms with Gasteiger partial charge >= 0.3 is 0 Å². The number of piperidine rings is 1. The molecule has 0 saturated carbocycles. The van der Waals surface area contributed by atoms with Crippen molar-refractivity contribution in [2.45, 2.75) is 25.8 Å². The predicted octanol–water partition coefficient (Wildman–Crippen LogP) is 2.58. The molecule has 0 spiro atoms. The zero-order valence-electron chi connectivity index (χ0n) is 10.3. The van der Waals surface area contributed by atoms with Gasteiger partial charge in [0, 0.05) is 10.7 Å². The Morgan fingerprint density at radius 3 is 2.94 bits per heavy atom. The third kappa shape index (κ3) is 2.87. The summed E-state index contributed by atoms with van der Waals surface area (Å²) in [5.74, 6) is 0.539. The molecule has 1 aromatic heterocycles. The van der Waals surface area contributed by atoms with Gasteiger partial charge in [0.15, 0.2) is 0 Å². The first-order valence-electron chi connectivity index (χ1n) is 6.31. The SMILES string of the molecule is CCN1CCCC(CN)C1c1ccc(Br)cn1. The molecule has 0 amide bonds. The Balaban J connectivity index is 2.26. The van der Waals surface area contributed by atoms with Crippen molar-refractivity contribution < 1.29 is 0 Å². The van der Waals surface area contributed by atoms with Gasteiger partial charge in [-0.3, -0.25) is 9.88 Å². The highest BCUT2D eigenvalue weighted by molar-refractivity contribution is 9.10. The summed E-state index contributed by atoms with van der Waals surface area (Å²) in [6, 6.07) is 4.58. The molecular formula is C13H20BrN3. The van der Waals surface area contributed by atoms with Crippen LogP contribution in [-0.4, -0.2) is 29.5 Å². The largest absolute Gasteiger partial charge is 0.330 e. The standard InChI is InChI=1S/C13H20BrN3/c1-2-17-7-3-4-10(8-15)13(17)12-6-5-11(14)9-16-12/h5-6,9-10,13H,2-4,7-8,15H2,1H3. The van der Waals surface area contributed by atoms with E-state index in [0.717, 1.165) is 29.8 Å². The van der Waals surface area contributed by atoms with Gasteiger partial charge in [0.2, 0.25) is 0 Å². The highest BCUT2D eigenvalue weighted by atomic mass is 79.9. The second-order valence-electron chi connectivity index (χ2n) is 4.61. The first kappa shape index (κ1) is 13.0. The van der Waals surface area contributed by atoms with Crippen LogP contribution < -0.4 is 5.73 Å². The van der Waals surface area contributed by atoms with E-state index in [9.17, 15) is 0 Å². The highest BCUT2D eigenvalue weighted by Crippen LogP contribution is 2.34. The molecule has 1 aliphatic rings. The van der Waals surface area contributed by atoms with Crippen molar-refractivity contribution in [3.05, 3.63) is 28.5 Å². The summed E-state index contributed by atoms with van der Waals surface area (Å²) in [4.78, 5) is 7.05.